The maximum atomic E-state index is 11.9. The van der Waals surface area contributed by atoms with Crippen LogP contribution in [0, 0.1) is 0 Å². The average molecular weight is 300 g/mol. The molecular weight excluding hydrogens is 284 g/mol. The van der Waals surface area contributed by atoms with Gasteiger partial charge in [-0.25, -0.2) is 0 Å². The first-order valence-corrected chi connectivity index (χ1v) is 6.71. The van der Waals surface area contributed by atoms with Gasteiger partial charge in [0.15, 0.2) is 0 Å². The summed E-state index contributed by atoms with van der Waals surface area (Å²) in [6.45, 7) is 1.74. The van der Waals surface area contributed by atoms with E-state index in [2.05, 4.69) is 10.3 Å². The monoisotopic (exact) mass is 300 g/mol. The van der Waals surface area contributed by atoms with E-state index in [1.54, 1.807) is 36.7 Å². The molecule has 1 unspecified atom stereocenters. The normalized spacial score (nSPS) is 11.5. The van der Waals surface area contributed by atoms with Crippen LogP contribution in [0.15, 0.2) is 48.8 Å². The number of pyridine rings is 1. The summed E-state index contributed by atoms with van der Waals surface area (Å²) < 4.78 is 5.60. The molecule has 0 aliphatic heterocycles. The Hall–Kier alpha value is -2.89. The van der Waals surface area contributed by atoms with Crippen LogP contribution >= 0.6 is 0 Å². The topological polar surface area (TPSA) is 88.5 Å². The highest BCUT2D eigenvalue weighted by Crippen LogP contribution is 2.15. The Morgan fingerprint density at radius 3 is 2.82 bits per heavy atom. The molecule has 0 radical (unpaired) electrons. The first kappa shape index (κ1) is 15.5. The summed E-state index contributed by atoms with van der Waals surface area (Å²) in [4.78, 5) is 26.7. The number of carboxylic acid groups (broad SMARTS) is 1. The average Bonchev–Trinajstić information content (AvgIpc) is 2.54. The fourth-order valence-corrected chi connectivity index (χ4v) is 1.72. The Morgan fingerprint density at radius 2 is 2.14 bits per heavy atom. The molecule has 1 heterocycles. The van der Waals surface area contributed by atoms with Crippen LogP contribution in [0.4, 0.5) is 0 Å². The van der Waals surface area contributed by atoms with E-state index in [-0.39, 0.29) is 0 Å². The molecule has 6 heteroatoms. The number of carboxylic acids is 1. The first-order chi connectivity index (χ1) is 10.6. The number of hydrogen-bond acceptors (Lipinski definition) is 4. The van der Waals surface area contributed by atoms with Crippen molar-refractivity contribution in [2.24, 2.45) is 0 Å². The lowest BCUT2D eigenvalue weighted by Crippen LogP contribution is -2.38. The third kappa shape index (κ3) is 4.31. The molecule has 0 saturated carbocycles. The van der Waals surface area contributed by atoms with E-state index >= 15 is 0 Å². The zero-order valence-corrected chi connectivity index (χ0v) is 12.0. The summed E-state index contributed by atoms with van der Waals surface area (Å²) in [6.07, 6.45) is 3.38. The van der Waals surface area contributed by atoms with Gasteiger partial charge in [0.05, 0.1) is 0 Å². The number of nitrogens with one attached hydrogen (secondary N) is 1. The van der Waals surface area contributed by atoms with Crippen LogP contribution in [0.2, 0.25) is 0 Å². The smallest absolute Gasteiger partial charge is 0.325 e. The van der Waals surface area contributed by atoms with Crippen LogP contribution in [0.3, 0.4) is 0 Å². The summed E-state index contributed by atoms with van der Waals surface area (Å²) in [5.41, 5.74) is 1.26. The van der Waals surface area contributed by atoms with Crippen LogP contribution in [-0.4, -0.2) is 28.0 Å². The fraction of sp³-hybridized carbons (Fsp3) is 0.188. The van der Waals surface area contributed by atoms with Crippen LogP contribution in [0.5, 0.6) is 5.75 Å². The number of rotatable bonds is 6. The van der Waals surface area contributed by atoms with E-state index < -0.39 is 17.9 Å². The standard InChI is InChI=1S/C16H16N2O4/c1-11(16(20)21)18-15(19)13-5-2-6-14(8-13)22-10-12-4-3-7-17-9-12/h2-9,11H,10H2,1H3,(H,18,19)(H,20,21). The molecule has 1 aromatic carbocycles. The summed E-state index contributed by atoms with van der Waals surface area (Å²) >= 11 is 0. The van der Waals surface area contributed by atoms with Crippen LogP contribution in [0.25, 0.3) is 0 Å². The second-order valence-electron chi connectivity index (χ2n) is 4.71. The van der Waals surface area contributed by atoms with E-state index in [0.717, 1.165) is 5.56 Å². The molecule has 22 heavy (non-hydrogen) atoms. The molecule has 0 aliphatic carbocycles. The van der Waals surface area contributed by atoms with Gasteiger partial charge in [-0.3, -0.25) is 14.6 Å². The summed E-state index contributed by atoms with van der Waals surface area (Å²) in [5.74, 6) is -1.02. The predicted octanol–water partition coefficient (Wildman–Crippen LogP) is 1.86. The van der Waals surface area contributed by atoms with Gasteiger partial charge < -0.3 is 15.2 Å². The number of nitrogens with zero attached hydrogens (tertiary/aromatic N) is 1. The van der Waals surface area contributed by atoms with Crippen molar-refractivity contribution >= 4 is 11.9 Å². The van der Waals surface area contributed by atoms with Crippen LogP contribution < -0.4 is 10.1 Å². The fourth-order valence-electron chi connectivity index (χ4n) is 1.72. The van der Waals surface area contributed by atoms with Crippen molar-refractivity contribution in [2.75, 3.05) is 0 Å². The van der Waals surface area contributed by atoms with Crippen LogP contribution in [0.1, 0.15) is 22.8 Å². The molecule has 2 N–H and O–H groups in total. The number of aromatic nitrogens is 1. The van der Waals surface area contributed by atoms with Gasteiger partial charge in [0.1, 0.15) is 18.4 Å². The minimum atomic E-state index is -1.09. The summed E-state index contributed by atoms with van der Waals surface area (Å²) in [7, 11) is 0. The maximum absolute atomic E-state index is 11.9. The van der Waals surface area contributed by atoms with Gasteiger partial charge in [0.2, 0.25) is 0 Å². The van der Waals surface area contributed by atoms with Crippen LogP contribution in [-0.2, 0) is 11.4 Å². The molecule has 1 atom stereocenters. The lowest BCUT2D eigenvalue weighted by molar-refractivity contribution is -0.138. The first-order valence-electron chi connectivity index (χ1n) is 6.71. The number of carbonyl (C=O) groups excluding carboxylic acids is 1. The van der Waals surface area contributed by atoms with Crippen molar-refractivity contribution in [1.82, 2.24) is 10.3 Å². The van der Waals surface area contributed by atoms with Crippen molar-refractivity contribution < 1.29 is 19.4 Å². The molecular formula is C16H16N2O4. The molecule has 6 nitrogen and oxygen atoms in total. The molecule has 1 aromatic heterocycles. The number of amides is 1. The van der Waals surface area contributed by atoms with Crippen molar-refractivity contribution in [2.45, 2.75) is 19.6 Å². The van der Waals surface area contributed by atoms with Gasteiger partial charge in [-0.2, -0.15) is 0 Å². The van der Waals surface area contributed by atoms with Crippen molar-refractivity contribution in [3.63, 3.8) is 0 Å². The predicted molar refractivity (Wildman–Crippen MR) is 79.6 cm³/mol. The molecule has 0 aliphatic rings. The Labute approximate surface area is 127 Å². The Balaban J connectivity index is 2.00. The molecule has 2 aromatic rings. The maximum Gasteiger partial charge on any atom is 0.325 e. The third-order valence-electron chi connectivity index (χ3n) is 2.94. The number of benzene rings is 1. The van der Waals surface area contributed by atoms with Gasteiger partial charge in [0, 0.05) is 23.5 Å². The molecule has 0 fully saturated rings. The van der Waals surface area contributed by atoms with Crippen molar-refractivity contribution in [3.8, 4) is 5.75 Å². The second kappa shape index (κ2) is 7.21. The molecule has 0 saturated heterocycles. The van der Waals surface area contributed by atoms with Gasteiger partial charge in [-0.05, 0) is 31.2 Å². The van der Waals surface area contributed by atoms with Gasteiger partial charge >= 0.3 is 5.97 Å². The quantitative estimate of drug-likeness (QED) is 0.850. The molecule has 1 amide bonds. The van der Waals surface area contributed by atoms with Gasteiger partial charge in [-0.1, -0.05) is 12.1 Å². The minimum Gasteiger partial charge on any atom is -0.489 e. The molecule has 2 rings (SSSR count). The highest BCUT2D eigenvalue weighted by molar-refractivity contribution is 5.96. The number of hydrogen-bond donors (Lipinski definition) is 2. The van der Waals surface area contributed by atoms with E-state index in [4.69, 9.17) is 9.84 Å². The molecule has 0 bridgehead atoms. The molecule has 0 spiro atoms. The van der Waals surface area contributed by atoms with Gasteiger partial charge in [0.25, 0.3) is 5.91 Å². The zero-order valence-electron chi connectivity index (χ0n) is 12.0. The van der Waals surface area contributed by atoms with Crippen molar-refractivity contribution in [3.05, 3.63) is 59.9 Å². The Morgan fingerprint density at radius 1 is 1.32 bits per heavy atom. The number of ether oxygens (including phenoxy) is 1. The zero-order chi connectivity index (χ0) is 15.9. The Kier molecular flexibility index (Phi) is 5.08. The lowest BCUT2D eigenvalue weighted by atomic mass is 10.2. The summed E-state index contributed by atoms with van der Waals surface area (Å²) in [6, 6.07) is 9.33. The van der Waals surface area contributed by atoms with Crippen molar-refractivity contribution in [1.29, 1.82) is 0 Å². The second-order valence-corrected chi connectivity index (χ2v) is 4.71. The largest absolute Gasteiger partial charge is 0.489 e. The molecule has 114 valence electrons. The SMILES string of the molecule is CC(NC(=O)c1cccc(OCc2cccnc2)c1)C(=O)O. The van der Waals surface area contributed by atoms with E-state index in [9.17, 15) is 9.59 Å². The Bertz CT molecular complexity index is 658. The van der Waals surface area contributed by atoms with E-state index in [1.807, 2.05) is 12.1 Å². The highest BCUT2D eigenvalue weighted by atomic mass is 16.5. The lowest BCUT2D eigenvalue weighted by Gasteiger charge is -2.11. The van der Waals surface area contributed by atoms with E-state index in [0.29, 0.717) is 17.9 Å². The number of carbonyl (C=O) groups is 2. The summed E-state index contributed by atoms with van der Waals surface area (Å²) in [5, 5.41) is 11.2. The number of aliphatic carboxylic acids is 1. The third-order valence-corrected chi connectivity index (χ3v) is 2.94. The van der Waals surface area contributed by atoms with Gasteiger partial charge in [-0.15, -0.1) is 0 Å². The highest BCUT2D eigenvalue weighted by Gasteiger charge is 2.15. The minimum absolute atomic E-state index is 0.338. The van der Waals surface area contributed by atoms with E-state index in [1.165, 1.54) is 6.92 Å².